The quantitative estimate of drug-likeness (QED) is 0.314. The summed E-state index contributed by atoms with van der Waals surface area (Å²) < 4.78 is 0. The van der Waals surface area contributed by atoms with Crippen LogP contribution in [0.3, 0.4) is 0 Å². The maximum absolute atomic E-state index is 14.8. The largest absolute Gasteiger partial charge is 0.478 e. The van der Waals surface area contributed by atoms with E-state index in [1.807, 2.05) is 25.2 Å². The minimum atomic E-state index is -0.873. The van der Waals surface area contributed by atoms with Crippen molar-refractivity contribution < 1.29 is 14.7 Å². The number of carbonyl (C=O) groups excluding carboxylic acids is 1. The van der Waals surface area contributed by atoms with Gasteiger partial charge in [-0.25, -0.2) is 4.79 Å². The van der Waals surface area contributed by atoms with Crippen molar-refractivity contribution in [2.45, 2.75) is 106 Å². The summed E-state index contributed by atoms with van der Waals surface area (Å²) in [6.07, 6.45) is 12.7. The number of amides is 1. The average molecular weight is 662 g/mol. The second kappa shape index (κ2) is 11.7. The van der Waals surface area contributed by atoms with Crippen molar-refractivity contribution in [3.63, 3.8) is 0 Å². The lowest BCUT2D eigenvalue weighted by Crippen LogP contribution is -2.66. The second-order valence-electron chi connectivity index (χ2n) is 18.4. The van der Waals surface area contributed by atoms with Crippen LogP contribution in [0.2, 0.25) is 0 Å². The third kappa shape index (κ3) is 4.89. The van der Waals surface area contributed by atoms with Gasteiger partial charge in [0.15, 0.2) is 0 Å². The number of carboxylic acid groups (broad SMARTS) is 1. The summed E-state index contributed by atoms with van der Waals surface area (Å²) in [7, 11) is 2.04. The molecule has 4 nitrogen and oxygen atoms in total. The first-order chi connectivity index (χ1) is 23.1. The molecule has 0 bridgehead atoms. The van der Waals surface area contributed by atoms with E-state index in [1.165, 1.54) is 48.0 Å². The summed E-state index contributed by atoms with van der Waals surface area (Å²) in [4.78, 5) is 28.4. The Morgan fingerprint density at radius 1 is 0.837 bits per heavy atom. The van der Waals surface area contributed by atoms with E-state index in [1.54, 1.807) is 12.1 Å². The number of rotatable bonds is 6. The molecular formula is C45H59NO3. The number of allylic oxidation sites excluding steroid dienone is 3. The number of carboxylic acids is 1. The van der Waals surface area contributed by atoms with Crippen LogP contribution in [0.5, 0.6) is 0 Å². The van der Waals surface area contributed by atoms with Gasteiger partial charge in [0.25, 0.3) is 0 Å². The van der Waals surface area contributed by atoms with Gasteiger partial charge in [-0.2, -0.15) is 0 Å². The minimum absolute atomic E-state index is 0.00913. The Morgan fingerprint density at radius 3 is 2.18 bits per heavy atom. The highest BCUT2D eigenvalue weighted by Crippen LogP contribution is 2.78. The number of hydrogen-bond acceptors (Lipinski definition) is 2. The lowest BCUT2D eigenvalue weighted by atomic mass is 9.32. The number of nitrogens with zero attached hydrogens (tertiary/aromatic N) is 1. The zero-order valence-electron chi connectivity index (χ0n) is 31.1. The molecule has 4 saturated carbocycles. The van der Waals surface area contributed by atoms with E-state index in [4.69, 9.17) is 0 Å². The van der Waals surface area contributed by atoms with Gasteiger partial charge >= 0.3 is 5.97 Å². The normalized spacial score (nSPS) is 39.0. The molecule has 1 amide bonds. The molecule has 4 fully saturated rings. The molecule has 0 aliphatic heterocycles. The number of fused-ring (bicyclic) bond motifs is 7. The Hall–Kier alpha value is -3.14. The van der Waals surface area contributed by atoms with Gasteiger partial charge in [0.1, 0.15) is 0 Å². The maximum Gasteiger partial charge on any atom is 0.335 e. The van der Waals surface area contributed by atoms with Crippen molar-refractivity contribution in [3.05, 3.63) is 89.5 Å². The van der Waals surface area contributed by atoms with E-state index in [9.17, 15) is 14.7 Å². The highest BCUT2D eigenvalue weighted by atomic mass is 16.4. The van der Waals surface area contributed by atoms with Crippen molar-refractivity contribution in [2.24, 2.45) is 56.7 Å². The van der Waals surface area contributed by atoms with Crippen LogP contribution in [-0.4, -0.2) is 28.9 Å². The highest BCUT2D eigenvalue weighted by Gasteiger charge is 2.71. The van der Waals surface area contributed by atoms with E-state index in [0.717, 1.165) is 32.1 Å². The number of aromatic carboxylic acids is 1. The van der Waals surface area contributed by atoms with Gasteiger partial charge in [-0.05, 0) is 145 Å². The van der Waals surface area contributed by atoms with E-state index in [0.29, 0.717) is 47.6 Å². The summed E-state index contributed by atoms with van der Waals surface area (Å²) in [5.74, 6) is 1.98. The molecule has 9 atom stereocenters. The Balaban J connectivity index is 1.21. The van der Waals surface area contributed by atoms with E-state index in [-0.39, 0.29) is 27.1 Å². The molecule has 2 aromatic rings. The Bertz CT molecular complexity index is 1670. The van der Waals surface area contributed by atoms with Crippen molar-refractivity contribution >= 4 is 17.4 Å². The predicted octanol–water partition coefficient (Wildman–Crippen LogP) is 10.7. The maximum atomic E-state index is 14.8. The topological polar surface area (TPSA) is 57.6 Å². The van der Waals surface area contributed by atoms with Crippen LogP contribution in [0, 0.1) is 56.7 Å². The molecule has 0 radical (unpaired) electrons. The van der Waals surface area contributed by atoms with Crippen LogP contribution < -0.4 is 0 Å². The molecule has 9 unspecified atom stereocenters. The van der Waals surface area contributed by atoms with Gasteiger partial charge in [-0.1, -0.05) is 95.3 Å². The molecule has 0 saturated heterocycles. The zero-order valence-corrected chi connectivity index (χ0v) is 31.1. The zero-order chi connectivity index (χ0) is 35.1. The van der Waals surface area contributed by atoms with Gasteiger partial charge < -0.3 is 10.0 Å². The van der Waals surface area contributed by atoms with Gasteiger partial charge in [-0.15, -0.1) is 0 Å². The van der Waals surface area contributed by atoms with Crippen LogP contribution in [0.4, 0.5) is 0 Å². The fraction of sp³-hybridized carbons (Fsp3) is 0.600. The van der Waals surface area contributed by atoms with E-state index in [2.05, 4.69) is 83.4 Å². The molecule has 49 heavy (non-hydrogen) atoms. The van der Waals surface area contributed by atoms with E-state index >= 15 is 0 Å². The van der Waals surface area contributed by atoms with Crippen LogP contribution in [0.1, 0.15) is 121 Å². The molecule has 0 spiro atoms. The predicted molar refractivity (Wildman–Crippen MR) is 199 cm³/mol. The minimum Gasteiger partial charge on any atom is -0.478 e. The van der Waals surface area contributed by atoms with Crippen molar-refractivity contribution in [1.82, 2.24) is 4.90 Å². The summed E-state index contributed by atoms with van der Waals surface area (Å²) in [6.45, 7) is 20.3. The average Bonchev–Trinajstić information content (AvgIpc) is 3.46. The van der Waals surface area contributed by atoms with Crippen molar-refractivity contribution in [3.8, 4) is 0 Å². The SMILES string of the molecule is C=C(C)C1CCC2(C(=O)N(C)Cc3ccccc3)CCC3(C)C(CCC4C5(C)CC=C(c6ccc(C(=O)O)cc6)C(C)(C)C5CCC43C)C12. The van der Waals surface area contributed by atoms with Gasteiger partial charge in [0.05, 0.1) is 11.0 Å². The van der Waals surface area contributed by atoms with Gasteiger partial charge in [-0.3, -0.25) is 4.79 Å². The molecule has 1 N–H and O–H groups in total. The summed E-state index contributed by atoms with van der Waals surface area (Å²) in [5, 5.41) is 9.49. The Kier molecular flexibility index (Phi) is 8.20. The first-order valence-electron chi connectivity index (χ1n) is 19.1. The molecule has 0 aromatic heterocycles. The molecule has 262 valence electrons. The summed E-state index contributed by atoms with van der Waals surface area (Å²) >= 11 is 0. The second-order valence-corrected chi connectivity index (χ2v) is 18.4. The third-order valence-corrected chi connectivity index (χ3v) is 16.1. The third-order valence-electron chi connectivity index (χ3n) is 16.1. The highest BCUT2D eigenvalue weighted by molar-refractivity contribution is 5.88. The van der Waals surface area contributed by atoms with Crippen molar-refractivity contribution in [1.29, 1.82) is 0 Å². The number of carbonyl (C=O) groups is 2. The van der Waals surface area contributed by atoms with Crippen LogP contribution >= 0.6 is 0 Å². The fourth-order valence-electron chi connectivity index (χ4n) is 13.7. The fourth-order valence-corrected chi connectivity index (χ4v) is 13.7. The monoisotopic (exact) mass is 661 g/mol. The summed E-state index contributed by atoms with van der Waals surface area (Å²) in [5.41, 5.74) is 5.65. The van der Waals surface area contributed by atoms with Crippen LogP contribution in [-0.2, 0) is 11.3 Å². The van der Waals surface area contributed by atoms with Crippen LogP contribution in [0.25, 0.3) is 5.57 Å². The Labute approximate surface area is 295 Å². The molecule has 4 heteroatoms. The Morgan fingerprint density at radius 2 is 1.53 bits per heavy atom. The first kappa shape index (κ1) is 34.3. The van der Waals surface area contributed by atoms with Gasteiger partial charge in [0, 0.05) is 13.6 Å². The number of benzene rings is 2. The van der Waals surface area contributed by atoms with E-state index < -0.39 is 5.97 Å². The summed E-state index contributed by atoms with van der Waals surface area (Å²) in [6, 6.07) is 18.0. The molecule has 5 aliphatic carbocycles. The molecular weight excluding hydrogens is 602 g/mol. The molecule has 0 heterocycles. The van der Waals surface area contributed by atoms with Crippen LogP contribution in [0.15, 0.2) is 72.8 Å². The van der Waals surface area contributed by atoms with Gasteiger partial charge in [0.2, 0.25) is 5.91 Å². The lowest BCUT2D eigenvalue weighted by Gasteiger charge is -2.72. The first-order valence-corrected chi connectivity index (χ1v) is 19.1. The standard InChI is InChI=1S/C45H59NO3/c1-29(2)33-20-25-45(40(49)46(8)28-30-12-10-9-11-13-30)27-26-43(6)35(38(33)45)18-19-37-42(5)23-21-34(31-14-16-32(17-15-31)39(47)48)41(3,4)36(42)22-24-44(37,43)7/h9-17,21,33,35-38H,1,18-20,22-28H2,2-8H3,(H,47,48). The smallest absolute Gasteiger partial charge is 0.335 e. The molecule has 2 aromatic carbocycles. The number of hydrogen-bond donors (Lipinski definition) is 1. The molecule has 7 rings (SSSR count). The van der Waals surface area contributed by atoms with Crippen molar-refractivity contribution in [2.75, 3.05) is 7.05 Å². The lowest BCUT2D eigenvalue weighted by molar-refractivity contribution is -0.226. The molecule has 5 aliphatic rings.